The Morgan fingerprint density at radius 1 is 1.02 bits per heavy atom. The molecule has 1 aliphatic carbocycles. The normalized spacial score (nSPS) is 14.4. The number of aryl methyl sites for hydroxylation is 1. The van der Waals surface area contributed by atoms with Gasteiger partial charge in [-0.15, -0.1) is 0 Å². The first-order valence-electron chi connectivity index (χ1n) is 14.6. The molecule has 1 unspecified atom stereocenters. The zero-order valence-electron chi connectivity index (χ0n) is 25.1. The molecule has 0 radical (unpaired) electrons. The van der Waals surface area contributed by atoms with Gasteiger partial charge in [0, 0.05) is 41.2 Å². The van der Waals surface area contributed by atoms with E-state index in [9.17, 15) is 28.1 Å². The Hall–Kier alpha value is -3.67. The van der Waals surface area contributed by atoms with Crippen molar-refractivity contribution < 1.29 is 22.9 Å². The van der Waals surface area contributed by atoms with Gasteiger partial charge in [0.05, 0.1) is 16.9 Å². The number of rotatable bonds is 12. The highest BCUT2D eigenvalue weighted by molar-refractivity contribution is 7.92. The molecule has 1 saturated carbocycles. The smallest absolute Gasteiger partial charge is 0.271 e. The molecule has 0 spiro atoms. The lowest BCUT2D eigenvalue weighted by Gasteiger charge is -2.35. The van der Waals surface area contributed by atoms with Crippen LogP contribution in [-0.2, 0) is 32.6 Å². The summed E-state index contributed by atoms with van der Waals surface area (Å²) in [4.78, 5) is 40.6. The van der Waals surface area contributed by atoms with Gasteiger partial charge in [-0.25, -0.2) is 8.42 Å². The van der Waals surface area contributed by atoms with Gasteiger partial charge < -0.3 is 10.2 Å². The third-order valence-electron chi connectivity index (χ3n) is 7.93. The van der Waals surface area contributed by atoms with Crippen LogP contribution >= 0.6 is 23.2 Å². The van der Waals surface area contributed by atoms with E-state index < -0.39 is 33.4 Å². The molecule has 1 fully saturated rings. The van der Waals surface area contributed by atoms with E-state index in [4.69, 9.17) is 23.2 Å². The highest BCUT2D eigenvalue weighted by atomic mass is 35.5. The SMILES string of the molecule is Cc1ccc([N+](=O)[O-])cc1N(CC(=O)N(Cc1ccc(Cl)cc1Cl)C(Cc1ccccc1)C(=O)NC1CCCCC1)S(C)(=O)=O. The van der Waals surface area contributed by atoms with Gasteiger partial charge in [-0.3, -0.25) is 24.0 Å². The molecule has 3 aromatic rings. The molecule has 0 heterocycles. The van der Waals surface area contributed by atoms with Gasteiger partial charge in [-0.1, -0.05) is 84.9 Å². The zero-order valence-corrected chi connectivity index (χ0v) is 27.4. The lowest BCUT2D eigenvalue weighted by Crippen LogP contribution is -2.55. The number of hydrogen-bond donors (Lipinski definition) is 1. The molecule has 4 rings (SSSR count). The summed E-state index contributed by atoms with van der Waals surface area (Å²) in [6.45, 7) is 0.785. The molecule has 1 atom stereocenters. The molecule has 45 heavy (non-hydrogen) atoms. The molecule has 10 nitrogen and oxygen atoms in total. The summed E-state index contributed by atoms with van der Waals surface area (Å²) >= 11 is 12.7. The minimum atomic E-state index is -4.11. The van der Waals surface area contributed by atoms with Crippen LogP contribution in [0.25, 0.3) is 0 Å². The summed E-state index contributed by atoms with van der Waals surface area (Å²) in [5.74, 6) is -1.04. The largest absolute Gasteiger partial charge is 0.352 e. The summed E-state index contributed by atoms with van der Waals surface area (Å²) < 4.78 is 27.0. The van der Waals surface area contributed by atoms with Gasteiger partial charge in [0.25, 0.3) is 5.69 Å². The van der Waals surface area contributed by atoms with Crippen molar-refractivity contribution in [3.8, 4) is 0 Å². The number of benzene rings is 3. The number of nitro groups is 1. The number of amides is 2. The first-order valence-corrected chi connectivity index (χ1v) is 17.2. The molecular formula is C32H36Cl2N4O6S. The molecule has 0 aliphatic heterocycles. The maximum Gasteiger partial charge on any atom is 0.271 e. The fraction of sp³-hybridized carbons (Fsp3) is 0.375. The van der Waals surface area contributed by atoms with E-state index in [1.807, 2.05) is 30.3 Å². The van der Waals surface area contributed by atoms with Crippen molar-refractivity contribution in [3.05, 3.63) is 104 Å². The quantitative estimate of drug-likeness (QED) is 0.183. The summed E-state index contributed by atoms with van der Waals surface area (Å²) in [5, 5.41) is 15.3. The summed E-state index contributed by atoms with van der Waals surface area (Å²) in [6.07, 6.45) is 5.81. The first kappa shape index (κ1) is 34.2. The van der Waals surface area contributed by atoms with Crippen LogP contribution in [-0.4, -0.2) is 54.9 Å². The fourth-order valence-corrected chi connectivity index (χ4v) is 6.87. The van der Waals surface area contributed by atoms with Crippen LogP contribution in [0.2, 0.25) is 10.0 Å². The molecule has 0 bridgehead atoms. The number of nitro benzene ring substituents is 1. The summed E-state index contributed by atoms with van der Waals surface area (Å²) in [6, 6.07) is 16.8. The predicted octanol–water partition coefficient (Wildman–Crippen LogP) is 6.07. The molecule has 1 N–H and O–H groups in total. The molecule has 0 aromatic heterocycles. The number of hydrogen-bond acceptors (Lipinski definition) is 6. The maximum atomic E-state index is 14.4. The number of non-ortho nitro benzene ring substituents is 1. The van der Waals surface area contributed by atoms with E-state index in [1.54, 1.807) is 19.1 Å². The highest BCUT2D eigenvalue weighted by Crippen LogP contribution is 2.29. The Balaban J connectivity index is 1.78. The predicted molar refractivity (Wildman–Crippen MR) is 176 cm³/mol. The van der Waals surface area contributed by atoms with Crippen LogP contribution < -0.4 is 9.62 Å². The molecule has 3 aromatic carbocycles. The minimum absolute atomic E-state index is 0.00390. The zero-order chi connectivity index (χ0) is 32.7. The van der Waals surface area contributed by atoms with E-state index in [2.05, 4.69) is 5.32 Å². The second-order valence-electron chi connectivity index (χ2n) is 11.3. The van der Waals surface area contributed by atoms with Crippen LogP contribution in [0.5, 0.6) is 0 Å². The van der Waals surface area contributed by atoms with Crippen molar-refractivity contribution in [1.82, 2.24) is 10.2 Å². The van der Waals surface area contributed by atoms with Crippen molar-refractivity contribution in [2.45, 2.75) is 64.1 Å². The Bertz CT molecular complexity index is 1650. The van der Waals surface area contributed by atoms with Crippen molar-refractivity contribution >= 4 is 56.4 Å². The van der Waals surface area contributed by atoms with Crippen LogP contribution in [0.3, 0.4) is 0 Å². The summed E-state index contributed by atoms with van der Waals surface area (Å²) in [5.41, 5.74) is 1.40. The third-order valence-corrected chi connectivity index (χ3v) is 9.64. The number of carbonyl (C=O) groups excluding carboxylic acids is 2. The van der Waals surface area contributed by atoms with E-state index in [0.717, 1.165) is 54.3 Å². The van der Waals surface area contributed by atoms with Crippen molar-refractivity contribution in [2.75, 3.05) is 17.1 Å². The standard InChI is InChI=1S/C32H36Cl2N4O6S/c1-22-13-16-27(38(41)42)19-29(22)37(45(2,43)44)21-31(39)36(20-24-14-15-25(33)18-28(24)34)30(17-23-9-5-3-6-10-23)32(40)35-26-11-7-4-8-12-26/h3,5-6,9-10,13-16,18-19,26,30H,4,7-8,11-12,17,20-21H2,1-2H3,(H,35,40). The Morgan fingerprint density at radius 2 is 1.71 bits per heavy atom. The van der Waals surface area contributed by atoms with Gasteiger partial charge in [-0.2, -0.15) is 0 Å². The van der Waals surface area contributed by atoms with Crippen molar-refractivity contribution in [2.24, 2.45) is 0 Å². The number of anilines is 1. The van der Waals surface area contributed by atoms with Gasteiger partial charge in [-0.05, 0) is 48.6 Å². The second kappa shape index (κ2) is 15.1. The van der Waals surface area contributed by atoms with Crippen LogP contribution in [0.1, 0.15) is 48.8 Å². The topological polar surface area (TPSA) is 130 Å². The van der Waals surface area contributed by atoms with Crippen LogP contribution in [0, 0.1) is 17.0 Å². The Kier molecular flexibility index (Phi) is 11.5. The van der Waals surface area contributed by atoms with Gasteiger partial charge in [0.15, 0.2) is 0 Å². The van der Waals surface area contributed by atoms with Crippen LogP contribution in [0.4, 0.5) is 11.4 Å². The third kappa shape index (κ3) is 9.18. The molecular weight excluding hydrogens is 639 g/mol. The Morgan fingerprint density at radius 3 is 2.33 bits per heavy atom. The monoisotopic (exact) mass is 674 g/mol. The van der Waals surface area contributed by atoms with E-state index in [-0.39, 0.29) is 41.3 Å². The first-order chi connectivity index (χ1) is 21.3. The number of carbonyl (C=O) groups is 2. The molecule has 13 heteroatoms. The van der Waals surface area contributed by atoms with Gasteiger partial charge in [0.2, 0.25) is 21.8 Å². The van der Waals surface area contributed by atoms with Gasteiger partial charge >= 0.3 is 0 Å². The van der Waals surface area contributed by atoms with Crippen LogP contribution in [0.15, 0.2) is 66.7 Å². The van der Waals surface area contributed by atoms with Crippen molar-refractivity contribution in [1.29, 1.82) is 0 Å². The number of halogens is 2. The van der Waals surface area contributed by atoms with Gasteiger partial charge in [0.1, 0.15) is 12.6 Å². The minimum Gasteiger partial charge on any atom is -0.352 e. The van der Waals surface area contributed by atoms with E-state index in [1.165, 1.54) is 23.1 Å². The maximum absolute atomic E-state index is 14.4. The fourth-order valence-electron chi connectivity index (χ4n) is 5.51. The lowest BCUT2D eigenvalue weighted by molar-refractivity contribution is -0.384. The Labute approximate surface area is 273 Å². The van der Waals surface area contributed by atoms with Crippen molar-refractivity contribution in [3.63, 3.8) is 0 Å². The number of nitrogens with zero attached hydrogens (tertiary/aromatic N) is 3. The number of sulfonamides is 1. The lowest BCUT2D eigenvalue weighted by atomic mass is 9.94. The highest BCUT2D eigenvalue weighted by Gasteiger charge is 2.35. The average Bonchev–Trinajstić information content (AvgIpc) is 2.99. The summed E-state index contributed by atoms with van der Waals surface area (Å²) in [7, 11) is -4.11. The molecule has 2 amide bonds. The number of nitrogens with one attached hydrogen (secondary N) is 1. The van der Waals surface area contributed by atoms with E-state index >= 15 is 0 Å². The molecule has 1 aliphatic rings. The second-order valence-corrected chi connectivity index (χ2v) is 14.1. The molecule has 240 valence electrons. The average molecular weight is 676 g/mol. The van der Waals surface area contributed by atoms with E-state index in [0.29, 0.717) is 16.1 Å². The molecule has 0 saturated heterocycles.